The quantitative estimate of drug-likeness (QED) is 0.613. The monoisotopic (exact) mass is 358 g/mol. The topological polar surface area (TPSA) is 34.1 Å². The molecule has 1 aliphatic rings. The SMILES string of the molecule is COc1ccc(N2C(=Nc3ccccc3)CC2c2ccccc2)cc1OC. The summed E-state index contributed by atoms with van der Waals surface area (Å²) in [5.41, 5.74) is 3.28. The second kappa shape index (κ2) is 7.54. The first kappa shape index (κ1) is 17.2. The summed E-state index contributed by atoms with van der Waals surface area (Å²) >= 11 is 0. The van der Waals surface area contributed by atoms with E-state index in [0.29, 0.717) is 5.75 Å². The fourth-order valence-corrected chi connectivity index (χ4v) is 3.43. The molecule has 0 bridgehead atoms. The molecule has 0 amide bonds. The van der Waals surface area contributed by atoms with Gasteiger partial charge in [0.05, 0.1) is 25.9 Å². The Morgan fingerprint density at radius 1 is 0.815 bits per heavy atom. The lowest BCUT2D eigenvalue weighted by Gasteiger charge is -2.44. The maximum atomic E-state index is 5.50. The van der Waals surface area contributed by atoms with Crippen molar-refractivity contribution in [2.75, 3.05) is 19.1 Å². The number of amidine groups is 1. The van der Waals surface area contributed by atoms with Gasteiger partial charge in [-0.15, -0.1) is 0 Å². The summed E-state index contributed by atoms with van der Waals surface area (Å²) in [6.45, 7) is 0. The van der Waals surface area contributed by atoms with Crippen LogP contribution in [0.25, 0.3) is 0 Å². The Bertz CT molecular complexity index is 939. The summed E-state index contributed by atoms with van der Waals surface area (Å²) < 4.78 is 10.9. The minimum atomic E-state index is 0.256. The van der Waals surface area contributed by atoms with E-state index in [2.05, 4.69) is 35.2 Å². The Morgan fingerprint density at radius 2 is 1.48 bits per heavy atom. The lowest BCUT2D eigenvalue weighted by atomic mass is 9.92. The molecule has 3 aromatic carbocycles. The smallest absolute Gasteiger partial charge is 0.162 e. The summed E-state index contributed by atoms with van der Waals surface area (Å²) in [4.78, 5) is 7.13. The van der Waals surface area contributed by atoms with Crippen LogP contribution in [0.5, 0.6) is 11.5 Å². The molecule has 136 valence electrons. The van der Waals surface area contributed by atoms with Gasteiger partial charge < -0.3 is 14.4 Å². The molecule has 4 rings (SSSR count). The van der Waals surface area contributed by atoms with Crippen LogP contribution in [0.4, 0.5) is 11.4 Å². The number of ether oxygens (including phenoxy) is 2. The molecule has 1 atom stereocenters. The van der Waals surface area contributed by atoms with Crippen molar-refractivity contribution in [2.45, 2.75) is 12.5 Å². The highest BCUT2D eigenvalue weighted by molar-refractivity contribution is 6.06. The standard InChI is InChI=1S/C23H22N2O2/c1-26-21-14-13-19(15-22(21)27-2)25-20(17-9-5-3-6-10-17)16-23(25)24-18-11-7-4-8-12-18/h3-15,20H,16H2,1-2H3. The van der Waals surface area contributed by atoms with Crippen LogP contribution in [0, 0.1) is 0 Å². The van der Waals surface area contributed by atoms with Crippen LogP contribution in [-0.2, 0) is 0 Å². The van der Waals surface area contributed by atoms with Crippen molar-refractivity contribution in [2.24, 2.45) is 4.99 Å². The lowest BCUT2D eigenvalue weighted by molar-refractivity contribution is 0.355. The minimum absolute atomic E-state index is 0.256. The molecule has 0 aliphatic carbocycles. The molecule has 1 aliphatic heterocycles. The normalized spacial score (nSPS) is 17.5. The highest BCUT2D eigenvalue weighted by atomic mass is 16.5. The first-order valence-corrected chi connectivity index (χ1v) is 8.99. The number of benzene rings is 3. The number of aliphatic imine (C=N–C) groups is 1. The van der Waals surface area contributed by atoms with Crippen LogP contribution in [0.2, 0.25) is 0 Å². The van der Waals surface area contributed by atoms with Gasteiger partial charge in [0.15, 0.2) is 11.5 Å². The van der Waals surface area contributed by atoms with Crippen molar-refractivity contribution in [1.29, 1.82) is 0 Å². The molecule has 4 nitrogen and oxygen atoms in total. The average molecular weight is 358 g/mol. The number of para-hydroxylation sites is 1. The molecule has 3 aromatic rings. The first-order chi connectivity index (χ1) is 13.3. The van der Waals surface area contributed by atoms with E-state index in [9.17, 15) is 0 Å². The Labute approximate surface area is 159 Å². The summed E-state index contributed by atoms with van der Waals surface area (Å²) in [7, 11) is 3.31. The third-order valence-electron chi connectivity index (χ3n) is 4.81. The molecule has 27 heavy (non-hydrogen) atoms. The predicted octanol–water partition coefficient (Wildman–Crippen LogP) is 5.39. The molecule has 0 saturated carbocycles. The van der Waals surface area contributed by atoms with E-state index in [1.807, 2.05) is 48.5 Å². The zero-order chi connectivity index (χ0) is 18.6. The largest absolute Gasteiger partial charge is 0.493 e. The summed E-state index contributed by atoms with van der Waals surface area (Å²) in [5, 5.41) is 0. The fraction of sp³-hybridized carbons (Fsp3) is 0.174. The van der Waals surface area contributed by atoms with Crippen molar-refractivity contribution in [1.82, 2.24) is 0 Å². The molecule has 1 heterocycles. The van der Waals surface area contributed by atoms with Crippen molar-refractivity contribution in [3.63, 3.8) is 0 Å². The van der Waals surface area contributed by atoms with Crippen molar-refractivity contribution >= 4 is 17.2 Å². The number of anilines is 1. The van der Waals surface area contributed by atoms with Gasteiger partial charge in [0.1, 0.15) is 5.84 Å². The number of hydrogen-bond acceptors (Lipinski definition) is 3. The van der Waals surface area contributed by atoms with Gasteiger partial charge in [0.2, 0.25) is 0 Å². The molecular formula is C23H22N2O2. The van der Waals surface area contributed by atoms with E-state index in [0.717, 1.165) is 29.4 Å². The molecule has 1 saturated heterocycles. The minimum Gasteiger partial charge on any atom is -0.493 e. The molecule has 0 N–H and O–H groups in total. The van der Waals surface area contributed by atoms with E-state index in [1.54, 1.807) is 14.2 Å². The maximum absolute atomic E-state index is 5.50. The lowest BCUT2D eigenvalue weighted by Crippen LogP contribution is -2.46. The van der Waals surface area contributed by atoms with E-state index in [-0.39, 0.29) is 6.04 Å². The molecular weight excluding hydrogens is 336 g/mol. The summed E-state index contributed by atoms with van der Waals surface area (Å²) in [6.07, 6.45) is 0.896. The predicted molar refractivity (Wildman–Crippen MR) is 109 cm³/mol. The summed E-state index contributed by atoms with van der Waals surface area (Å²) in [6, 6.07) is 26.8. The molecule has 4 heteroatoms. The van der Waals surface area contributed by atoms with Crippen LogP contribution in [0.1, 0.15) is 18.0 Å². The highest BCUT2D eigenvalue weighted by Crippen LogP contribution is 2.43. The third-order valence-corrected chi connectivity index (χ3v) is 4.81. The van der Waals surface area contributed by atoms with Gasteiger partial charge in [0, 0.05) is 18.2 Å². The molecule has 1 unspecified atom stereocenters. The Hall–Kier alpha value is -3.27. The van der Waals surface area contributed by atoms with E-state index >= 15 is 0 Å². The number of methoxy groups -OCH3 is 2. The Kier molecular flexibility index (Phi) is 4.79. The average Bonchev–Trinajstić information content (AvgIpc) is 2.72. The maximum Gasteiger partial charge on any atom is 0.162 e. The second-order valence-electron chi connectivity index (χ2n) is 6.40. The van der Waals surface area contributed by atoms with Gasteiger partial charge in [0.25, 0.3) is 0 Å². The molecule has 1 fully saturated rings. The van der Waals surface area contributed by atoms with Crippen LogP contribution in [0.15, 0.2) is 83.9 Å². The van der Waals surface area contributed by atoms with E-state index in [4.69, 9.17) is 14.5 Å². The van der Waals surface area contributed by atoms with Gasteiger partial charge in [-0.2, -0.15) is 0 Å². The molecule has 0 radical (unpaired) electrons. The zero-order valence-corrected chi connectivity index (χ0v) is 15.5. The van der Waals surface area contributed by atoms with Gasteiger partial charge in [-0.05, 0) is 29.8 Å². The zero-order valence-electron chi connectivity index (χ0n) is 15.5. The Morgan fingerprint density at radius 3 is 2.15 bits per heavy atom. The van der Waals surface area contributed by atoms with Crippen LogP contribution < -0.4 is 14.4 Å². The van der Waals surface area contributed by atoms with Crippen LogP contribution >= 0.6 is 0 Å². The van der Waals surface area contributed by atoms with Crippen molar-refractivity contribution in [3.05, 3.63) is 84.4 Å². The second-order valence-corrected chi connectivity index (χ2v) is 6.40. The van der Waals surface area contributed by atoms with Crippen LogP contribution in [0.3, 0.4) is 0 Å². The number of hydrogen-bond donors (Lipinski definition) is 0. The fourth-order valence-electron chi connectivity index (χ4n) is 3.43. The van der Waals surface area contributed by atoms with Crippen LogP contribution in [-0.4, -0.2) is 20.1 Å². The van der Waals surface area contributed by atoms with Gasteiger partial charge in [-0.1, -0.05) is 48.5 Å². The number of nitrogens with zero attached hydrogens (tertiary/aromatic N) is 2. The van der Waals surface area contributed by atoms with Gasteiger partial charge in [-0.25, -0.2) is 4.99 Å². The summed E-state index contributed by atoms with van der Waals surface area (Å²) in [5.74, 6) is 2.48. The van der Waals surface area contributed by atoms with E-state index in [1.165, 1.54) is 5.56 Å². The highest BCUT2D eigenvalue weighted by Gasteiger charge is 2.36. The van der Waals surface area contributed by atoms with Gasteiger partial charge in [-0.3, -0.25) is 0 Å². The van der Waals surface area contributed by atoms with E-state index < -0.39 is 0 Å². The number of rotatable bonds is 5. The third kappa shape index (κ3) is 3.38. The molecule has 0 spiro atoms. The van der Waals surface area contributed by atoms with Crippen molar-refractivity contribution in [3.8, 4) is 11.5 Å². The van der Waals surface area contributed by atoms with Gasteiger partial charge >= 0.3 is 0 Å². The molecule has 0 aromatic heterocycles. The van der Waals surface area contributed by atoms with Crippen molar-refractivity contribution < 1.29 is 9.47 Å². The Balaban J connectivity index is 1.74. The first-order valence-electron chi connectivity index (χ1n) is 8.99.